The van der Waals surface area contributed by atoms with Crippen LogP contribution < -0.4 is 10.2 Å². The number of hydrogen-bond donors (Lipinski definition) is 1. The van der Waals surface area contributed by atoms with Crippen LogP contribution in [0, 0.1) is 5.92 Å². The Balaban J connectivity index is 1.61. The molecule has 0 aliphatic carbocycles. The smallest absolute Gasteiger partial charge is 0.239 e. The predicted octanol–water partition coefficient (Wildman–Crippen LogP) is 3.68. The van der Waals surface area contributed by atoms with Gasteiger partial charge in [-0.05, 0) is 48.2 Å². The predicted molar refractivity (Wildman–Crippen MR) is 102 cm³/mol. The molecular weight excluding hydrogens is 380 g/mol. The van der Waals surface area contributed by atoms with Gasteiger partial charge in [0.25, 0.3) is 0 Å². The molecule has 1 aliphatic heterocycles. The van der Waals surface area contributed by atoms with Gasteiger partial charge in [0.1, 0.15) is 5.92 Å². The van der Waals surface area contributed by atoms with E-state index in [1.165, 1.54) is 5.56 Å². The van der Waals surface area contributed by atoms with Crippen molar-refractivity contribution < 1.29 is 9.59 Å². The quantitative estimate of drug-likeness (QED) is 0.778. The molecule has 2 aromatic rings. The second-order valence-corrected chi connectivity index (χ2v) is 7.11. The lowest BCUT2D eigenvalue weighted by molar-refractivity contribution is -0.132. The molecule has 0 bridgehead atoms. The molecule has 1 fully saturated rings. The van der Waals surface area contributed by atoms with Gasteiger partial charge in [-0.1, -0.05) is 47.1 Å². The fraction of sp³-hybridized carbons (Fsp3) is 0.300. The zero-order valence-corrected chi connectivity index (χ0v) is 15.8. The van der Waals surface area contributed by atoms with Crippen molar-refractivity contribution in [2.24, 2.45) is 5.92 Å². The van der Waals surface area contributed by atoms with Crippen LogP contribution in [0.5, 0.6) is 0 Å². The summed E-state index contributed by atoms with van der Waals surface area (Å²) in [6, 6.07) is 15.7. The molecule has 0 radical (unpaired) electrons. The Labute approximate surface area is 156 Å². The van der Waals surface area contributed by atoms with Gasteiger partial charge in [-0.3, -0.25) is 9.59 Å². The van der Waals surface area contributed by atoms with Crippen LogP contribution >= 0.6 is 15.9 Å². The number of anilines is 1. The lowest BCUT2D eigenvalue weighted by Crippen LogP contribution is -2.36. The highest BCUT2D eigenvalue weighted by Crippen LogP contribution is 2.26. The maximum absolute atomic E-state index is 12.6. The maximum Gasteiger partial charge on any atom is 0.239 e. The van der Waals surface area contributed by atoms with Crippen molar-refractivity contribution in [3.63, 3.8) is 0 Å². The van der Waals surface area contributed by atoms with Crippen molar-refractivity contribution in [2.45, 2.75) is 26.3 Å². The first kappa shape index (κ1) is 17.7. The van der Waals surface area contributed by atoms with Crippen LogP contribution in [0.4, 0.5) is 5.69 Å². The van der Waals surface area contributed by atoms with Crippen molar-refractivity contribution in [1.29, 1.82) is 0 Å². The van der Waals surface area contributed by atoms with Gasteiger partial charge in [0.05, 0.1) is 0 Å². The molecule has 2 amide bonds. The average Bonchev–Trinajstić information content (AvgIpc) is 3.01. The normalized spacial score (nSPS) is 17.0. The fourth-order valence-corrected chi connectivity index (χ4v) is 3.50. The molecule has 0 aromatic heterocycles. The van der Waals surface area contributed by atoms with E-state index < -0.39 is 5.92 Å². The summed E-state index contributed by atoms with van der Waals surface area (Å²) in [5, 5.41) is 2.88. The first-order valence-electron chi connectivity index (χ1n) is 8.51. The SMILES string of the molecule is CCc1ccc(N2CC[C@H](C(=O)NCc3cccc(Br)c3)C2=O)cc1. The van der Waals surface area contributed by atoms with Crippen molar-refractivity contribution in [3.05, 3.63) is 64.1 Å². The van der Waals surface area contributed by atoms with E-state index in [9.17, 15) is 9.59 Å². The molecule has 1 atom stereocenters. The number of carbonyl (C=O) groups is 2. The summed E-state index contributed by atoms with van der Waals surface area (Å²) in [5.74, 6) is -0.911. The molecule has 4 nitrogen and oxygen atoms in total. The molecule has 3 rings (SSSR count). The van der Waals surface area contributed by atoms with E-state index in [-0.39, 0.29) is 11.8 Å². The largest absolute Gasteiger partial charge is 0.351 e. The standard InChI is InChI=1S/C20H21BrN2O2/c1-2-14-6-8-17(9-7-14)23-11-10-18(20(23)25)19(24)22-13-15-4-3-5-16(21)12-15/h3-9,12,18H,2,10-11,13H2,1H3,(H,22,24)/t18-/m1/s1. The van der Waals surface area contributed by atoms with Gasteiger partial charge < -0.3 is 10.2 Å². The highest BCUT2D eigenvalue weighted by Gasteiger charge is 2.37. The minimum absolute atomic E-state index is 0.115. The zero-order chi connectivity index (χ0) is 17.8. The number of benzene rings is 2. The van der Waals surface area contributed by atoms with Gasteiger partial charge in [0.2, 0.25) is 11.8 Å². The molecule has 25 heavy (non-hydrogen) atoms. The Hall–Kier alpha value is -2.14. The van der Waals surface area contributed by atoms with E-state index >= 15 is 0 Å². The Morgan fingerprint density at radius 1 is 1.20 bits per heavy atom. The fourth-order valence-electron chi connectivity index (χ4n) is 3.05. The number of carbonyl (C=O) groups excluding carboxylic acids is 2. The molecule has 0 unspecified atom stereocenters. The van der Waals surface area contributed by atoms with Crippen LogP contribution in [0.25, 0.3) is 0 Å². The zero-order valence-electron chi connectivity index (χ0n) is 14.2. The first-order valence-corrected chi connectivity index (χ1v) is 9.30. The summed E-state index contributed by atoms with van der Waals surface area (Å²) in [5.41, 5.74) is 3.10. The second kappa shape index (κ2) is 7.83. The summed E-state index contributed by atoms with van der Waals surface area (Å²) in [6.07, 6.45) is 1.52. The van der Waals surface area contributed by atoms with Crippen molar-refractivity contribution in [1.82, 2.24) is 5.32 Å². The van der Waals surface area contributed by atoms with E-state index in [0.717, 1.165) is 22.1 Å². The molecular formula is C20H21BrN2O2. The monoisotopic (exact) mass is 400 g/mol. The summed E-state index contributed by atoms with van der Waals surface area (Å²) >= 11 is 3.42. The Bertz CT molecular complexity index is 774. The van der Waals surface area contributed by atoms with Gasteiger partial charge in [-0.2, -0.15) is 0 Å². The average molecular weight is 401 g/mol. The molecule has 2 aromatic carbocycles. The van der Waals surface area contributed by atoms with E-state index in [0.29, 0.717) is 19.5 Å². The molecule has 1 aliphatic rings. The number of rotatable bonds is 5. The summed E-state index contributed by atoms with van der Waals surface area (Å²) in [4.78, 5) is 26.8. The molecule has 130 valence electrons. The minimum atomic E-state index is -0.599. The van der Waals surface area contributed by atoms with Crippen molar-refractivity contribution in [3.8, 4) is 0 Å². The van der Waals surface area contributed by atoms with E-state index in [1.807, 2.05) is 48.5 Å². The van der Waals surface area contributed by atoms with Crippen LogP contribution in [-0.2, 0) is 22.6 Å². The molecule has 1 heterocycles. The topological polar surface area (TPSA) is 49.4 Å². The van der Waals surface area contributed by atoms with Crippen molar-refractivity contribution in [2.75, 3.05) is 11.4 Å². The molecule has 1 saturated heterocycles. The van der Waals surface area contributed by atoms with Gasteiger partial charge in [-0.15, -0.1) is 0 Å². The van der Waals surface area contributed by atoms with Gasteiger partial charge in [0, 0.05) is 23.2 Å². The first-order chi connectivity index (χ1) is 12.1. The maximum atomic E-state index is 12.6. The van der Waals surface area contributed by atoms with Gasteiger partial charge in [0.15, 0.2) is 0 Å². The number of amides is 2. The van der Waals surface area contributed by atoms with Crippen LogP contribution in [0.15, 0.2) is 53.0 Å². The number of aryl methyl sites for hydroxylation is 1. The van der Waals surface area contributed by atoms with Crippen LogP contribution in [0.2, 0.25) is 0 Å². The highest BCUT2D eigenvalue weighted by atomic mass is 79.9. The van der Waals surface area contributed by atoms with E-state index in [1.54, 1.807) is 4.90 Å². The van der Waals surface area contributed by atoms with Gasteiger partial charge in [-0.25, -0.2) is 0 Å². The molecule has 5 heteroatoms. The number of halogens is 1. The molecule has 0 saturated carbocycles. The third kappa shape index (κ3) is 4.10. The van der Waals surface area contributed by atoms with Crippen LogP contribution in [0.3, 0.4) is 0 Å². The molecule has 0 spiro atoms. The van der Waals surface area contributed by atoms with Crippen molar-refractivity contribution >= 4 is 33.4 Å². The van der Waals surface area contributed by atoms with E-state index in [2.05, 4.69) is 28.2 Å². The Kier molecular flexibility index (Phi) is 5.53. The Morgan fingerprint density at radius 3 is 2.64 bits per heavy atom. The number of hydrogen-bond acceptors (Lipinski definition) is 2. The third-order valence-corrected chi connectivity index (χ3v) is 5.03. The number of nitrogens with one attached hydrogen (secondary N) is 1. The molecule has 1 N–H and O–H groups in total. The Morgan fingerprint density at radius 2 is 1.96 bits per heavy atom. The van der Waals surface area contributed by atoms with E-state index in [4.69, 9.17) is 0 Å². The summed E-state index contributed by atoms with van der Waals surface area (Å²) in [7, 11) is 0. The highest BCUT2D eigenvalue weighted by molar-refractivity contribution is 9.10. The minimum Gasteiger partial charge on any atom is -0.351 e. The lowest BCUT2D eigenvalue weighted by Gasteiger charge is -2.17. The third-order valence-electron chi connectivity index (χ3n) is 4.53. The second-order valence-electron chi connectivity index (χ2n) is 6.20. The van der Waals surface area contributed by atoms with Crippen LogP contribution in [-0.4, -0.2) is 18.4 Å². The van der Waals surface area contributed by atoms with Gasteiger partial charge >= 0.3 is 0 Å². The number of nitrogens with zero attached hydrogens (tertiary/aromatic N) is 1. The summed E-state index contributed by atoms with van der Waals surface area (Å²) < 4.78 is 0.970. The lowest BCUT2D eigenvalue weighted by atomic mass is 10.1. The van der Waals surface area contributed by atoms with Crippen LogP contribution in [0.1, 0.15) is 24.5 Å². The summed E-state index contributed by atoms with van der Waals surface area (Å²) in [6.45, 7) is 3.11.